The lowest BCUT2D eigenvalue weighted by atomic mass is 10.1. The van der Waals surface area contributed by atoms with Gasteiger partial charge < -0.3 is 5.32 Å². The van der Waals surface area contributed by atoms with Crippen molar-refractivity contribution in [3.05, 3.63) is 53.5 Å². The number of rotatable bonds is 2. The van der Waals surface area contributed by atoms with Crippen LogP contribution < -0.4 is 5.32 Å². The van der Waals surface area contributed by atoms with Crippen molar-refractivity contribution >= 4 is 33.9 Å². The van der Waals surface area contributed by atoms with Gasteiger partial charge in [-0.3, -0.25) is 4.98 Å². The van der Waals surface area contributed by atoms with Crippen molar-refractivity contribution in [2.45, 2.75) is 6.92 Å². The van der Waals surface area contributed by atoms with Gasteiger partial charge in [0.15, 0.2) is 0 Å². The second-order valence-corrected chi connectivity index (χ2v) is 4.71. The Bertz CT molecular complexity index is 786. The molecule has 0 radical (unpaired) electrons. The Hall–Kier alpha value is -2.27. The van der Waals surface area contributed by atoms with E-state index in [9.17, 15) is 4.39 Å². The molecule has 0 saturated carbocycles. The molecule has 0 bridgehead atoms. The molecule has 0 atom stereocenters. The van der Waals surface area contributed by atoms with Crippen LogP contribution in [-0.2, 0) is 0 Å². The summed E-state index contributed by atoms with van der Waals surface area (Å²) in [5, 5.41) is 4.83. The minimum absolute atomic E-state index is 0.293. The van der Waals surface area contributed by atoms with E-state index in [0.29, 0.717) is 16.7 Å². The summed E-state index contributed by atoms with van der Waals surface area (Å²) in [6, 6.07) is 6.44. The summed E-state index contributed by atoms with van der Waals surface area (Å²) in [6.45, 7) is 1.86. The summed E-state index contributed by atoms with van der Waals surface area (Å²) in [5.41, 5.74) is 1.16. The summed E-state index contributed by atoms with van der Waals surface area (Å²) in [6.07, 6.45) is 3.03. The number of fused-ring (bicyclic) bond motifs is 1. The largest absolute Gasteiger partial charge is 0.337 e. The Kier molecular flexibility index (Phi) is 3.20. The highest BCUT2D eigenvalue weighted by Crippen LogP contribution is 2.29. The van der Waals surface area contributed by atoms with Crippen LogP contribution in [0.3, 0.4) is 0 Å². The molecule has 3 rings (SSSR count). The van der Waals surface area contributed by atoms with Crippen molar-refractivity contribution in [2.75, 3.05) is 5.32 Å². The van der Waals surface area contributed by atoms with Gasteiger partial charge >= 0.3 is 0 Å². The molecule has 1 aromatic carbocycles. The molecule has 0 fully saturated rings. The monoisotopic (exact) mass is 288 g/mol. The Morgan fingerprint density at radius 1 is 1.15 bits per heavy atom. The summed E-state index contributed by atoms with van der Waals surface area (Å²) in [4.78, 5) is 12.0. The second kappa shape index (κ2) is 5.02. The van der Waals surface area contributed by atoms with E-state index in [1.54, 1.807) is 12.3 Å². The Labute approximate surface area is 119 Å². The number of hydrogen-bond acceptors (Lipinski definition) is 4. The Morgan fingerprint density at radius 2 is 2.00 bits per heavy atom. The first-order chi connectivity index (χ1) is 9.63. The van der Waals surface area contributed by atoms with E-state index in [1.165, 1.54) is 18.5 Å². The normalized spacial score (nSPS) is 10.8. The van der Waals surface area contributed by atoms with Crippen LogP contribution in [0.5, 0.6) is 0 Å². The van der Waals surface area contributed by atoms with E-state index < -0.39 is 0 Å². The van der Waals surface area contributed by atoms with Crippen LogP contribution in [0, 0.1) is 12.7 Å². The van der Waals surface area contributed by atoms with Crippen molar-refractivity contribution in [1.29, 1.82) is 0 Å². The zero-order chi connectivity index (χ0) is 14.1. The zero-order valence-electron chi connectivity index (χ0n) is 10.6. The predicted molar refractivity (Wildman–Crippen MR) is 76.8 cm³/mol. The van der Waals surface area contributed by atoms with Crippen LogP contribution in [0.25, 0.3) is 10.8 Å². The first-order valence-corrected chi connectivity index (χ1v) is 6.31. The molecule has 0 aliphatic carbocycles. The average molecular weight is 289 g/mol. The lowest BCUT2D eigenvalue weighted by Gasteiger charge is -2.10. The van der Waals surface area contributed by atoms with Gasteiger partial charge in [-0.2, -0.15) is 0 Å². The predicted octanol–water partition coefficient (Wildman–Crippen LogP) is 3.87. The number of hydrogen-bond donors (Lipinski definition) is 1. The van der Waals surface area contributed by atoms with Crippen molar-refractivity contribution < 1.29 is 4.39 Å². The number of anilines is 2. The molecule has 2 heterocycles. The van der Waals surface area contributed by atoms with E-state index >= 15 is 0 Å². The lowest BCUT2D eigenvalue weighted by Crippen LogP contribution is -1.98. The fourth-order valence-corrected chi connectivity index (χ4v) is 2.10. The minimum atomic E-state index is -0.363. The molecular formula is C14H10ClFN4. The molecule has 0 unspecified atom stereocenters. The van der Waals surface area contributed by atoms with Gasteiger partial charge in [0, 0.05) is 28.7 Å². The van der Waals surface area contributed by atoms with Gasteiger partial charge in [0.25, 0.3) is 0 Å². The number of pyridine rings is 1. The fourth-order valence-electron chi connectivity index (χ4n) is 1.95. The van der Waals surface area contributed by atoms with Crippen LogP contribution in [0.2, 0.25) is 5.15 Å². The summed E-state index contributed by atoms with van der Waals surface area (Å²) < 4.78 is 14.1. The maximum Gasteiger partial charge on any atom is 0.147 e. The zero-order valence-corrected chi connectivity index (χ0v) is 11.3. The third-order valence-electron chi connectivity index (χ3n) is 2.88. The topological polar surface area (TPSA) is 50.7 Å². The van der Waals surface area contributed by atoms with E-state index in [-0.39, 0.29) is 5.82 Å². The van der Waals surface area contributed by atoms with Crippen LogP contribution in [0.15, 0.2) is 36.8 Å². The van der Waals surface area contributed by atoms with Gasteiger partial charge in [-0.25, -0.2) is 14.4 Å². The molecule has 2 aromatic heterocycles. The average Bonchev–Trinajstić information content (AvgIpc) is 2.42. The summed E-state index contributed by atoms with van der Waals surface area (Å²) in [7, 11) is 0. The maximum atomic E-state index is 14.1. The molecule has 0 spiro atoms. The Balaban J connectivity index is 2.14. The van der Waals surface area contributed by atoms with Gasteiger partial charge in [-0.05, 0) is 25.1 Å². The summed E-state index contributed by atoms with van der Waals surface area (Å²) >= 11 is 5.80. The van der Waals surface area contributed by atoms with Crippen molar-refractivity contribution in [3.63, 3.8) is 0 Å². The number of nitrogens with one attached hydrogen (secondary N) is 1. The Morgan fingerprint density at radius 3 is 2.80 bits per heavy atom. The molecule has 6 heteroatoms. The molecule has 3 aromatic rings. The van der Waals surface area contributed by atoms with Gasteiger partial charge in [-0.1, -0.05) is 11.6 Å². The number of aromatic nitrogens is 3. The molecule has 1 N–H and O–H groups in total. The molecular weight excluding hydrogens is 279 g/mol. The van der Waals surface area contributed by atoms with Crippen LogP contribution >= 0.6 is 11.6 Å². The third-order valence-corrected chi connectivity index (χ3v) is 3.08. The minimum Gasteiger partial charge on any atom is -0.337 e. The highest BCUT2D eigenvalue weighted by Gasteiger charge is 2.09. The first-order valence-electron chi connectivity index (χ1n) is 5.93. The SMILES string of the molecule is Cc1cc2c(Nc3cc(Cl)ncn3)c(F)ccc2cn1. The number of nitrogens with zero attached hydrogens (tertiary/aromatic N) is 3. The van der Waals surface area contributed by atoms with Crippen molar-refractivity contribution in [3.8, 4) is 0 Å². The smallest absolute Gasteiger partial charge is 0.147 e. The summed E-state index contributed by atoms with van der Waals surface area (Å²) in [5.74, 6) is 0.0729. The van der Waals surface area contributed by atoms with Crippen LogP contribution in [0.4, 0.5) is 15.9 Å². The second-order valence-electron chi connectivity index (χ2n) is 4.32. The molecule has 100 valence electrons. The van der Waals surface area contributed by atoms with Crippen LogP contribution in [-0.4, -0.2) is 15.0 Å². The van der Waals surface area contributed by atoms with Gasteiger partial charge in [0.1, 0.15) is 23.1 Å². The fraction of sp³-hybridized carbons (Fsp3) is 0.0714. The van der Waals surface area contributed by atoms with E-state index in [4.69, 9.17) is 11.6 Å². The van der Waals surface area contributed by atoms with Crippen molar-refractivity contribution in [2.24, 2.45) is 0 Å². The molecule has 0 saturated heterocycles. The van der Waals surface area contributed by atoms with Gasteiger partial charge in [0.2, 0.25) is 0 Å². The first kappa shape index (κ1) is 12.7. The van der Waals surface area contributed by atoms with Crippen LogP contribution in [0.1, 0.15) is 5.69 Å². The number of benzene rings is 1. The van der Waals surface area contributed by atoms with Gasteiger partial charge in [-0.15, -0.1) is 0 Å². The lowest BCUT2D eigenvalue weighted by molar-refractivity contribution is 0.633. The molecule has 4 nitrogen and oxygen atoms in total. The van der Waals surface area contributed by atoms with E-state index in [2.05, 4.69) is 20.3 Å². The van der Waals surface area contributed by atoms with E-state index in [0.717, 1.165) is 16.5 Å². The molecule has 0 aliphatic heterocycles. The molecule has 0 aliphatic rings. The maximum absolute atomic E-state index is 14.1. The number of halogens is 2. The van der Waals surface area contributed by atoms with E-state index in [1.807, 2.05) is 13.0 Å². The highest BCUT2D eigenvalue weighted by molar-refractivity contribution is 6.29. The quantitative estimate of drug-likeness (QED) is 0.727. The third kappa shape index (κ3) is 2.40. The molecule has 20 heavy (non-hydrogen) atoms. The van der Waals surface area contributed by atoms with Crippen molar-refractivity contribution in [1.82, 2.24) is 15.0 Å². The number of aryl methyl sites for hydroxylation is 1. The molecule has 0 amide bonds. The highest BCUT2D eigenvalue weighted by atomic mass is 35.5. The van der Waals surface area contributed by atoms with Gasteiger partial charge in [0.05, 0.1) is 5.69 Å². The standard InChI is InChI=1S/C14H10ClFN4/c1-8-4-10-9(6-17-8)2-3-11(16)14(10)20-13-5-12(15)18-7-19-13/h2-7H,1H3,(H,18,19,20).